The summed E-state index contributed by atoms with van der Waals surface area (Å²) in [5.41, 5.74) is 1.87. The Kier molecular flexibility index (Phi) is 3.98. The second-order valence-corrected chi connectivity index (χ2v) is 5.26. The zero-order chi connectivity index (χ0) is 17.4. The number of hydrogen-bond acceptors (Lipinski definition) is 3. The first kappa shape index (κ1) is 16.3. The summed E-state index contributed by atoms with van der Waals surface area (Å²) in [7, 11) is 0. The molecule has 3 heterocycles. The number of nitrogens with one attached hydrogen (secondary N) is 1. The van der Waals surface area contributed by atoms with Crippen molar-refractivity contribution < 1.29 is 22.0 Å². The highest BCUT2D eigenvalue weighted by Crippen LogP contribution is 2.38. The molecule has 0 aliphatic heterocycles. The predicted molar refractivity (Wildman–Crippen MR) is 75.3 cm³/mol. The molecule has 0 radical (unpaired) electrons. The quantitative estimate of drug-likeness (QED) is 0.716. The molecule has 3 aromatic heterocycles. The molecule has 0 fully saturated rings. The smallest absolute Gasteiger partial charge is 0.346 e. The summed E-state index contributed by atoms with van der Waals surface area (Å²) in [6.45, 7) is -0.0486. The van der Waals surface area contributed by atoms with E-state index in [1.54, 1.807) is 18.5 Å². The van der Waals surface area contributed by atoms with E-state index < -0.39 is 18.5 Å². The number of halogens is 5. The van der Waals surface area contributed by atoms with Crippen molar-refractivity contribution in [3.05, 3.63) is 31.0 Å². The van der Waals surface area contributed by atoms with Gasteiger partial charge in [0.05, 0.1) is 11.9 Å². The van der Waals surface area contributed by atoms with E-state index in [4.69, 9.17) is 0 Å². The molecule has 0 saturated heterocycles. The third-order valence-electron chi connectivity index (χ3n) is 3.55. The molecule has 0 saturated carbocycles. The van der Waals surface area contributed by atoms with Crippen LogP contribution in [-0.4, -0.2) is 36.8 Å². The van der Waals surface area contributed by atoms with Crippen molar-refractivity contribution >= 4 is 11.0 Å². The van der Waals surface area contributed by atoms with Gasteiger partial charge in [0, 0.05) is 36.3 Å². The van der Waals surface area contributed by atoms with Crippen LogP contribution in [0.4, 0.5) is 22.0 Å². The largest absolute Gasteiger partial charge is 0.453 e. The molecular weight excluding hydrogens is 333 g/mol. The highest BCUT2D eigenvalue weighted by molar-refractivity contribution is 5.89. The SMILES string of the molecule is FC(F)(F)C(F)(F)CCCn1cc(-c2ncnc3[nH]ccc23)cn1. The first-order valence-electron chi connectivity index (χ1n) is 7.03. The fraction of sp³-hybridized carbons (Fsp3) is 0.357. The Morgan fingerprint density at radius 3 is 2.67 bits per heavy atom. The molecule has 5 nitrogen and oxygen atoms in total. The molecule has 1 N–H and O–H groups in total. The molecule has 3 rings (SSSR count). The molecule has 0 atom stereocenters. The second-order valence-electron chi connectivity index (χ2n) is 5.26. The topological polar surface area (TPSA) is 59.4 Å². The maximum Gasteiger partial charge on any atom is 0.453 e. The fourth-order valence-corrected chi connectivity index (χ4v) is 2.32. The summed E-state index contributed by atoms with van der Waals surface area (Å²) >= 11 is 0. The predicted octanol–water partition coefficient (Wildman–Crippen LogP) is 3.80. The summed E-state index contributed by atoms with van der Waals surface area (Å²) in [6.07, 6.45) is -1.04. The maximum atomic E-state index is 12.9. The van der Waals surface area contributed by atoms with Crippen molar-refractivity contribution in [1.82, 2.24) is 24.7 Å². The van der Waals surface area contributed by atoms with Crippen LogP contribution in [0.25, 0.3) is 22.3 Å². The Labute approximate surface area is 132 Å². The zero-order valence-corrected chi connectivity index (χ0v) is 12.2. The van der Waals surface area contributed by atoms with Gasteiger partial charge in [0.25, 0.3) is 0 Å². The van der Waals surface area contributed by atoms with E-state index in [0.717, 1.165) is 5.39 Å². The van der Waals surface area contributed by atoms with Gasteiger partial charge in [-0.1, -0.05) is 0 Å². The third kappa shape index (κ3) is 3.08. The van der Waals surface area contributed by atoms with Crippen molar-refractivity contribution in [3.8, 4) is 11.3 Å². The van der Waals surface area contributed by atoms with E-state index in [-0.39, 0.29) is 13.0 Å². The van der Waals surface area contributed by atoms with Crippen LogP contribution < -0.4 is 0 Å². The molecule has 0 aromatic carbocycles. The minimum Gasteiger partial charge on any atom is -0.346 e. The monoisotopic (exact) mass is 345 g/mol. The summed E-state index contributed by atoms with van der Waals surface area (Å²) in [5.74, 6) is -4.69. The lowest BCUT2D eigenvalue weighted by Gasteiger charge is -2.19. The minimum atomic E-state index is -5.52. The number of aromatic nitrogens is 5. The standard InChI is InChI=1S/C14H12F5N5/c15-13(16,14(17,18)19)3-1-5-24-7-9(6-23-24)11-10-2-4-20-12(10)22-8-21-11/h2,4,6-8H,1,3,5H2,(H,20,21,22). The maximum absolute atomic E-state index is 12.9. The third-order valence-corrected chi connectivity index (χ3v) is 3.55. The normalized spacial score (nSPS) is 12.9. The molecule has 0 aliphatic rings. The molecule has 0 amide bonds. The van der Waals surface area contributed by atoms with Crippen LogP contribution in [0.3, 0.4) is 0 Å². The lowest BCUT2D eigenvalue weighted by atomic mass is 10.1. The Balaban J connectivity index is 1.70. The van der Waals surface area contributed by atoms with E-state index >= 15 is 0 Å². The van der Waals surface area contributed by atoms with Gasteiger partial charge in [-0.25, -0.2) is 9.97 Å². The van der Waals surface area contributed by atoms with Crippen LogP contribution in [0.5, 0.6) is 0 Å². The average Bonchev–Trinajstić information content (AvgIpc) is 3.14. The lowest BCUT2D eigenvalue weighted by Crippen LogP contribution is -2.36. The van der Waals surface area contributed by atoms with Crippen molar-refractivity contribution in [2.75, 3.05) is 0 Å². The second kappa shape index (κ2) is 5.84. The van der Waals surface area contributed by atoms with Gasteiger partial charge in [0.15, 0.2) is 0 Å². The summed E-state index contributed by atoms with van der Waals surface area (Å²) < 4.78 is 63.4. The Bertz CT molecular complexity index is 835. The van der Waals surface area contributed by atoms with Gasteiger partial charge in [-0.15, -0.1) is 0 Å². The van der Waals surface area contributed by atoms with Crippen molar-refractivity contribution in [2.24, 2.45) is 0 Å². The Morgan fingerprint density at radius 2 is 1.92 bits per heavy atom. The van der Waals surface area contributed by atoms with E-state index in [9.17, 15) is 22.0 Å². The van der Waals surface area contributed by atoms with Gasteiger partial charge < -0.3 is 4.98 Å². The highest BCUT2D eigenvalue weighted by atomic mass is 19.4. The zero-order valence-electron chi connectivity index (χ0n) is 12.2. The average molecular weight is 345 g/mol. The van der Waals surface area contributed by atoms with E-state index in [0.29, 0.717) is 16.9 Å². The molecule has 0 spiro atoms. The molecule has 10 heteroatoms. The van der Waals surface area contributed by atoms with Crippen LogP contribution in [0.15, 0.2) is 31.0 Å². The number of nitrogens with zero attached hydrogens (tertiary/aromatic N) is 4. The minimum absolute atomic E-state index is 0.0486. The number of alkyl halides is 5. The van der Waals surface area contributed by atoms with E-state index in [2.05, 4.69) is 20.1 Å². The first-order valence-corrected chi connectivity index (χ1v) is 7.03. The number of aromatic amines is 1. The van der Waals surface area contributed by atoms with Crippen molar-refractivity contribution in [1.29, 1.82) is 0 Å². The molecule has 128 valence electrons. The number of aryl methyl sites for hydroxylation is 1. The summed E-state index contributed by atoms with van der Waals surface area (Å²) in [6, 6.07) is 1.78. The van der Waals surface area contributed by atoms with Gasteiger partial charge >= 0.3 is 12.1 Å². The molecule has 3 aromatic rings. The first-order chi connectivity index (χ1) is 11.3. The van der Waals surface area contributed by atoms with Crippen LogP contribution >= 0.6 is 0 Å². The summed E-state index contributed by atoms with van der Waals surface area (Å²) in [4.78, 5) is 11.1. The van der Waals surface area contributed by atoms with Gasteiger partial charge in [0.1, 0.15) is 12.0 Å². The summed E-state index contributed by atoms with van der Waals surface area (Å²) in [5, 5.41) is 4.75. The van der Waals surface area contributed by atoms with Crippen molar-refractivity contribution in [2.45, 2.75) is 31.5 Å². The Hall–Kier alpha value is -2.52. The number of rotatable bonds is 5. The molecule has 0 unspecified atom stereocenters. The molecule has 0 aliphatic carbocycles. The van der Waals surface area contributed by atoms with E-state index in [1.807, 2.05) is 0 Å². The van der Waals surface area contributed by atoms with Crippen LogP contribution in [-0.2, 0) is 6.54 Å². The van der Waals surface area contributed by atoms with Crippen LogP contribution in [0.1, 0.15) is 12.8 Å². The van der Waals surface area contributed by atoms with Crippen molar-refractivity contribution in [3.63, 3.8) is 0 Å². The fourth-order valence-electron chi connectivity index (χ4n) is 2.32. The van der Waals surface area contributed by atoms with Gasteiger partial charge in [-0.2, -0.15) is 27.1 Å². The van der Waals surface area contributed by atoms with E-state index in [1.165, 1.54) is 17.2 Å². The highest BCUT2D eigenvalue weighted by Gasteiger charge is 2.56. The van der Waals surface area contributed by atoms with Gasteiger partial charge in [-0.05, 0) is 12.5 Å². The van der Waals surface area contributed by atoms with Gasteiger partial charge in [-0.3, -0.25) is 4.68 Å². The lowest BCUT2D eigenvalue weighted by molar-refractivity contribution is -0.284. The number of hydrogen-bond donors (Lipinski definition) is 1. The van der Waals surface area contributed by atoms with Crippen LogP contribution in [0.2, 0.25) is 0 Å². The molecule has 0 bridgehead atoms. The molecule has 24 heavy (non-hydrogen) atoms. The van der Waals surface area contributed by atoms with Gasteiger partial charge in [0.2, 0.25) is 0 Å². The number of fused-ring (bicyclic) bond motifs is 1. The number of H-pyrrole nitrogens is 1. The Morgan fingerprint density at radius 1 is 1.12 bits per heavy atom. The molecular formula is C14H12F5N5. The van der Waals surface area contributed by atoms with Crippen LogP contribution in [0, 0.1) is 0 Å².